The fraction of sp³-hybridized carbons (Fsp3) is 0.160. The third-order valence-electron chi connectivity index (χ3n) is 5.73. The minimum atomic E-state index is -4.94. The number of nitrogens with two attached hydrogens (primary N) is 1. The van der Waals surface area contributed by atoms with Crippen LogP contribution in [0, 0.1) is 24.1 Å². The van der Waals surface area contributed by atoms with Crippen molar-refractivity contribution in [3.05, 3.63) is 82.1 Å². The number of rotatable bonds is 6. The van der Waals surface area contributed by atoms with Gasteiger partial charge >= 0.3 is 6.18 Å². The molecule has 0 radical (unpaired) electrons. The summed E-state index contributed by atoms with van der Waals surface area (Å²) in [7, 11) is 1.35. The van der Waals surface area contributed by atoms with Gasteiger partial charge in [-0.25, -0.2) is 9.37 Å². The number of aromatic nitrogens is 3. The van der Waals surface area contributed by atoms with Gasteiger partial charge in [0.25, 0.3) is 5.91 Å². The fourth-order valence-corrected chi connectivity index (χ4v) is 3.89. The van der Waals surface area contributed by atoms with Gasteiger partial charge in [0.2, 0.25) is 5.91 Å². The molecule has 38 heavy (non-hydrogen) atoms. The summed E-state index contributed by atoms with van der Waals surface area (Å²) in [4.78, 5) is 28.9. The third kappa shape index (κ3) is 4.83. The Morgan fingerprint density at radius 1 is 1.21 bits per heavy atom. The van der Waals surface area contributed by atoms with E-state index in [1.165, 1.54) is 44.4 Å². The van der Waals surface area contributed by atoms with E-state index in [2.05, 4.69) is 15.4 Å². The molecule has 0 spiro atoms. The van der Waals surface area contributed by atoms with Crippen molar-refractivity contribution in [2.45, 2.75) is 19.6 Å². The van der Waals surface area contributed by atoms with Gasteiger partial charge in [-0.15, -0.1) is 0 Å². The molecule has 0 fully saturated rings. The molecule has 4 aromatic rings. The Morgan fingerprint density at radius 3 is 2.58 bits per heavy atom. The first-order chi connectivity index (χ1) is 17.9. The minimum absolute atomic E-state index is 0.0425. The number of amides is 2. The summed E-state index contributed by atoms with van der Waals surface area (Å²) in [5.41, 5.74) is 3.15. The maximum atomic E-state index is 14.3. The molecule has 3 N–H and O–H groups in total. The van der Waals surface area contributed by atoms with E-state index in [0.717, 1.165) is 16.8 Å². The average Bonchev–Trinajstić information content (AvgIpc) is 3.18. The number of alkyl halides is 3. The molecule has 2 amide bonds. The molecule has 0 saturated carbocycles. The van der Waals surface area contributed by atoms with Crippen LogP contribution in [0.1, 0.15) is 43.4 Å². The molecule has 0 aliphatic carbocycles. The second-order valence-electron chi connectivity index (χ2n) is 8.11. The lowest BCUT2D eigenvalue weighted by Crippen LogP contribution is -2.20. The molecule has 9 nitrogen and oxygen atoms in total. The molecule has 0 atom stereocenters. The highest BCUT2D eigenvalue weighted by atomic mass is 19.4. The number of nitrogens with zero attached hydrogens (tertiary/aromatic N) is 4. The minimum Gasteiger partial charge on any atom is -0.496 e. The predicted molar refractivity (Wildman–Crippen MR) is 127 cm³/mol. The molecule has 2 aromatic carbocycles. The van der Waals surface area contributed by atoms with Gasteiger partial charge in [0.1, 0.15) is 17.3 Å². The van der Waals surface area contributed by atoms with E-state index >= 15 is 0 Å². The van der Waals surface area contributed by atoms with E-state index in [-0.39, 0.29) is 34.5 Å². The van der Waals surface area contributed by atoms with Crippen LogP contribution in [0.5, 0.6) is 5.75 Å². The maximum Gasteiger partial charge on any atom is 0.437 e. The molecule has 0 aliphatic rings. The second kappa shape index (κ2) is 9.81. The van der Waals surface area contributed by atoms with Gasteiger partial charge in [0, 0.05) is 10.9 Å². The number of fused-ring (bicyclic) bond motifs is 1. The molecule has 13 heteroatoms. The summed E-state index contributed by atoms with van der Waals surface area (Å²) in [6, 6.07) is 11.0. The van der Waals surface area contributed by atoms with Gasteiger partial charge in [0.05, 0.1) is 47.7 Å². The van der Waals surface area contributed by atoms with E-state index in [1.807, 2.05) is 6.07 Å². The Balaban J connectivity index is 1.76. The van der Waals surface area contributed by atoms with Crippen molar-refractivity contribution >= 4 is 28.4 Å². The summed E-state index contributed by atoms with van der Waals surface area (Å²) in [5.74, 6) is -2.68. The van der Waals surface area contributed by atoms with E-state index in [9.17, 15) is 27.2 Å². The first-order valence-electron chi connectivity index (χ1n) is 10.9. The van der Waals surface area contributed by atoms with Crippen molar-refractivity contribution in [2.24, 2.45) is 5.73 Å². The van der Waals surface area contributed by atoms with E-state index in [0.29, 0.717) is 11.1 Å². The SMILES string of the molecule is COc1cc(C#N)ccc1Cn1nc(C(F)(F)F)c(NC(=O)c2cc(C(N)=O)c3c(F)cccc3n2)c1C. The largest absolute Gasteiger partial charge is 0.496 e. The number of nitrogens with one attached hydrogen (secondary N) is 1. The number of hydrogen-bond acceptors (Lipinski definition) is 6. The summed E-state index contributed by atoms with van der Waals surface area (Å²) in [5, 5.41) is 14.7. The van der Waals surface area contributed by atoms with E-state index in [1.54, 1.807) is 0 Å². The van der Waals surface area contributed by atoms with Crippen molar-refractivity contribution in [2.75, 3.05) is 12.4 Å². The number of pyridine rings is 1. The Bertz CT molecular complexity index is 1640. The zero-order chi connectivity index (χ0) is 27.8. The number of hydrogen-bond donors (Lipinski definition) is 2. The van der Waals surface area contributed by atoms with E-state index < -0.39 is 40.9 Å². The molecule has 0 bridgehead atoms. The number of anilines is 1. The normalized spacial score (nSPS) is 11.3. The Hall–Kier alpha value is -4.99. The molecule has 0 aliphatic heterocycles. The summed E-state index contributed by atoms with van der Waals surface area (Å²) in [6.45, 7) is 1.16. The highest BCUT2D eigenvalue weighted by molar-refractivity contribution is 6.10. The standard InChI is InChI=1S/C25H18F4N6O3/c1-12-21(33-24(37)18-9-15(23(31)36)20-16(26)4-3-5-17(20)32-18)22(25(27,28)29)34-35(12)11-14-7-6-13(10-30)8-19(14)38-2/h3-9H,11H2,1-2H3,(H2,31,36)(H,33,37). The maximum absolute atomic E-state index is 14.3. The van der Waals surface area contributed by atoms with Crippen LogP contribution in [-0.2, 0) is 12.7 Å². The Labute approximate surface area is 212 Å². The first kappa shape index (κ1) is 26.1. The lowest BCUT2D eigenvalue weighted by atomic mass is 10.1. The number of benzene rings is 2. The van der Waals surface area contributed by atoms with Gasteiger partial charge in [-0.2, -0.15) is 23.5 Å². The monoisotopic (exact) mass is 526 g/mol. The van der Waals surface area contributed by atoms with Crippen LogP contribution in [0.2, 0.25) is 0 Å². The van der Waals surface area contributed by atoms with Gasteiger partial charge in [-0.1, -0.05) is 12.1 Å². The molecule has 0 saturated heterocycles. The van der Waals surface area contributed by atoms with Crippen molar-refractivity contribution in [1.29, 1.82) is 5.26 Å². The number of carbonyl (C=O) groups is 2. The number of halogens is 4. The van der Waals surface area contributed by atoms with Crippen molar-refractivity contribution < 1.29 is 31.9 Å². The Morgan fingerprint density at radius 2 is 1.95 bits per heavy atom. The fourth-order valence-electron chi connectivity index (χ4n) is 3.89. The van der Waals surface area contributed by atoms with E-state index in [4.69, 9.17) is 15.7 Å². The molecular formula is C25H18F4N6O3. The van der Waals surface area contributed by atoms with Crippen LogP contribution < -0.4 is 15.8 Å². The van der Waals surface area contributed by atoms with Gasteiger partial charge in [-0.3, -0.25) is 14.3 Å². The van der Waals surface area contributed by atoms with Gasteiger partial charge in [-0.05, 0) is 37.3 Å². The zero-order valence-corrected chi connectivity index (χ0v) is 19.9. The summed E-state index contributed by atoms with van der Waals surface area (Å²) in [6.07, 6.45) is -4.94. The van der Waals surface area contributed by atoms with Gasteiger partial charge < -0.3 is 15.8 Å². The summed E-state index contributed by atoms with van der Waals surface area (Å²) >= 11 is 0. The predicted octanol–water partition coefficient (Wildman–Crippen LogP) is 4.18. The van der Waals surface area contributed by atoms with Crippen molar-refractivity contribution in [3.8, 4) is 11.8 Å². The molecule has 194 valence electrons. The highest BCUT2D eigenvalue weighted by Crippen LogP contribution is 2.37. The lowest BCUT2D eigenvalue weighted by molar-refractivity contribution is -0.140. The topological polar surface area (TPSA) is 136 Å². The number of nitriles is 1. The molecule has 2 aromatic heterocycles. The Kier molecular flexibility index (Phi) is 6.74. The molecule has 4 rings (SSSR count). The van der Waals surface area contributed by atoms with Crippen molar-refractivity contribution in [3.63, 3.8) is 0 Å². The first-order valence-corrected chi connectivity index (χ1v) is 10.9. The number of ether oxygens (including phenoxy) is 1. The van der Waals surface area contributed by atoms with Crippen molar-refractivity contribution in [1.82, 2.24) is 14.8 Å². The smallest absolute Gasteiger partial charge is 0.437 e. The molecular weight excluding hydrogens is 508 g/mol. The molecule has 2 heterocycles. The number of carbonyl (C=O) groups excluding carboxylic acids is 2. The molecule has 0 unspecified atom stereocenters. The number of primary amides is 1. The zero-order valence-electron chi connectivity index (χ0n) is 19.9. The average molecular weight is 526 g/mol. The summed E-state index contributed by atoms with van der Waals surface area (Å²) < 4.78 is 62.2. The van der Waals surface area contributed by atoms with Crippen LogP contribution in [0.3, 0.4) is 0 Å². The van der Waals surface area contributed by atoms with Crippen LogP contribution in [0.4, 0.5) is 23.2 Å². The lowest BCUT2D eigenvalue weighted by Gasteiger charge is -2.11. The highest BCUT2D eigenvalue weighted by Gasteiger charge is 2.39. The number of methoxy groups -OCH3 is 1. The quantitative estimate of drug-likeness (QED) is 0.362. The second-order valence-corrected chi connectivity index (χ2v) is 8.11. The van der Waals surface area contributed by atoms with Crippen LogP contribution in [-0.4, -0.2) is 33.7 Å². The van der Waals surface area contributed by atoms with Gasteiger partial charge in [0.15, 0.2) is 5.69 Å². The van der Waals surface area contributed by atoms with Crippen LogP contribution >= 0.6 is 0 Å². The van der Waals surface area contributed by atoms with Crippen LogP contribution in [0.25, 0.3) is 10.9 Å². The third-order valence-corrected chi connectivity index (χ3v) is 5.73. The van der Waals surface area contributed by atoms with Crippen LogP contribution in [0.15, 0.2) is 42.5 Å².